The Kier molecular flexibility index (Phi) is 3.47. The van der Waals surface area contributed by atoms with Crippen molar-refractivity contribution in [3.63, 3.8) is 0 Å². The normalized spacial score (nSPS) is 27.7. The van der Waals surface area contributed by atoms with Crippen LogP contribution in [-0.2, 0) is 14.8 Å². The second-order valence-corrected chi connectivity index (χ2v) is 7.98. The molecule has 0 bridgehead atoms. The molecule has 2 fully saturated rings. The van der Waals surface area contributed by atoms with E-state index in [0.29, 0.717) is 24.7 Å². The van der Waals surface area contributed by atoms with Crippen LogP contribution in [0.4, 0.5) is 5.82 Å². The fraction of sp³-hybridized carbons (Fsp3) is 0.615. The number of hydrogen-bond acceptors (Lipinski definition) is 7. The van der Waals surface area contributed by atoms with E-state index in [9.17, 15) is 8.42 Å². The van der Waals surface area contributed by atoms with Crippen LogP contribution in [0.15, 0.2) is 18.5 Å². The second kappa shape index (κ2) is 5.39. The maximum Gasteiger partial charge on any atom is 0.208 e. The van der Waals surface area contributed by atoms with Gasteiger partial charge in [0.25, 0.3) is 0 Å². The Balaban J connectivity index is 1.48. The average molecular weight is 338 g/mol. The van der Waals surface area contributed by atoms with Gasteiger partial charge in [0.05, 0.1) is 19.0 Å². The van der Waals surface area contributed by atoms with Crippen LogP contribution >= 0.6 is 0 Å². The third kappa shape index (κ3) is 2.89. The van der Waals surface area contributed by atoms with Crippen LogP contribution in [0.5, 0.6) is 0 Å². The van der Waals surface area contributed by atoms with E-state index in [4.69, 9.17) is 4.74 Å². The highest BCUT2D eigenvalue weighted by Gasteiger charge is 2.44. The SMILES string of the molecule is CS(=O)(=O)NC[C@@H]1CO[C@H]2CN(c3ccc4nncn4n3)C[C@@H]12. The number of aromatic nitrogens is 4. The Bertz CT molecular complexity index is 822. The number of nitrogens with one attached hydrogen (secondary N) is 1. The zero-order chi connectivity index (χ0) is 16.0. The lowest BCUT2D eigenvalue weighted by Crippen LogP contribution is -2.33. The molecule has 2 aliphatic rings. The van der Waals surface area contributed by atoms with Gasteiger partial charge in [0.2, 0.25) is 10.0 Å². The fourth-order valence-corrected chi connectivity index (χ4v) is 3.86. The van der Waals surface area contributed by atoms with Crippen molar-refractivity contribution in [1.29, 1.82) is 0 Å². The lowest BCUT2D eigenvalue weighted by atomic mass is 9.93. The molecule has 4 heterocycles. The molecule has 1 N–H and O–H groups in total. The molecule has 0 unspecified atom stereocenters. The van der Waals surface area contributed by atoms with Crippen molar-refractivity contribution >= 4 is 21.5 Å². The maximum atomic E-state index is 11.3. The molecular weight excluding hydrogens is 320 g/mol. The first-order valence-corrected chi connectivity index (χ1v) is 9.37. The molecule has 0 aliphatic carbocycles. The number of ether oxygens (including phenoxy) is 1. The van der Waals surface area contributed by atoms with E-state index < -0.39 is 10.0 Å². The number of anilines is 1. The molecule has 2 saturated heterocycles. The summed E-state index contributed by atoms with van der Waals surface area (Å²) in [5, 5.41) is 12.3. The van der Waals surface area contributed by atoms with Crippen molar-refractivity contribution in [3.05, 3.63) is 18.5 Å². The van der Waals surface area contributed by atoms with Gasteiger partial charge < -0.3 is 9.64 Å². The topological polar surface area (TPSA) is 102 Å². The highest BCUT2D eigenvalue weighted by Crippen LogP contribution is 2.35. The summed E-state index contributed by atoms with van der Waals surface area (Å²) in [4.78, 5) is 2.17. The van der Waals surface area contributed by atoms with Crippen LogP contribution < -0.4 is 9.62 Å². The molecule has 2 aromatic rings. The largest absolute Gasteiger partial charge is 0.376 e. The van der Waals surface area contributed by atoms with Crippen LogP contribution in [0.25, 0.3) is 5.65 Å². The predicted molar refractivity (Wildman–Crippen MR) is 82.6 cm³/mol. The lowest BCUT2D eigenvalue weighted by molar-refractivity contribution is 0.111. The number of nitrogens with zero attached hydrogens (tertiary/aromatic N) is 5. The smallest absolute Gasteiger partial charge is 0.208 e. The number of sulfonamides is 1. The predicted octanol–water partition coefficient (Wildman–Crippen LogP) is -0.875. The van der Waals surface area contributed by atoms with Gasteiger partial charge in [0.15, 0.2) is 5.65 Å². The molecule has 9 nitrogen and oxygen atoms in total. The summed E-state index contributed by atoms with van der Waals surface area (Å²) in [5.41, 5.74) is 0.708. The molecule has 10 heteroatoms. The minimum atomic E-state index is -3.17. The number of rotatable bonds is 4. The van der Waals surface area contributed by atoms with E-state index in [1.807, 2.05) is 12.1 Å². The van der Waals surface area contributed by atoms with Crippen molar-refractivity contribution in [2.45, 2.75) is 6.10 Å². The molecule has 23 heavy (non-hydrogen) atoms. The van der Waals surface area contributed by atoms with Gasteiger partial charge in [-0.05, 0) is 12.1 Å². The Morgan fingerprint density at radius 3 is 3.09 bits per heavy atom. The van der Waals surface area contributed by atoms with E-state index >= 15 is 0 Å². The van der Waals surface area contributed by atoms with Crippen LogP contribution in [0, 0.1) is 11.8 Å². The van der Waals surface area contributed by atoms with Gasteiger partial charge in [-0.25, -0.2) is 13.1 Å². The third-order valence-electron chi connectivity index (χ3n) is 4.52. The summed E-state index contributed by atoms with van der Waals surface area (Å²) in [7, 11) is -3.17. The van der Waals surface area contributed by atoms with Crippen LogP contribution in [0.2, 0.25) is 0 Å². The molecule has 0 aromatic carbocycles. The van der Waals surface area contributed by atoms with Gasteiger partial charge in [-0.2, -0.15) is 4.52 Å². The summed E-state index contributed by atoms with van der Waals surface area (Å²) in [6.07, 6.45) is 2.88. The monoisotopic (exact) mass is 338 g/mol. The van der Waals surface area contributed by atoms with Gasteiger partial charge in [0, 0.05) is 31.5 Å². The van der Waals surface area contributed by atoms with Crippen molar-refractivity contribution in [2.24, 2.45) is 11.8 Å². The summed E-state index contributed by atoms with van der Waals surface area (Å²) in [6, 6.07) is 3.81. The molecule has 2 aliphatic heterocycles. The molecule has 0 radical (unpaired) electrons. The number of hydrogen-bond donors (Lipinski definition) is 1. The van der Waals surface area contributed by atoms with Gasteiger partial charge in [-0.3, -0.25) is 0 Å². The molecule has 4 rings (SSSR count). The highest BCUT2D eigenvalue weighted by molar-refractivity contribution is 7.88. The Labute approximate surface area is 133 Å². The van der Waals surface area contributed by atoms with Crippen LogP contribution in [0.1, 0.15) is 0 Å². The molecule has 2 aromatic heterocycles. The minimum Gasteiger partial charge on any atom is -0.376 e. The van der Waals surface area contributed by atoms with Crippen LogP contribution in [-0.4, -0.2) is 66.8 Å². The molecule has 0 spiro atoms. The molecule has 124 valence electrons. The standard InChI is InChI=1S/C13H18N6O3S/c1-23(20,21)15-4-9-7-22-11-6-18(5-10(9)11)13-3-2-12-16-14-8-19(12)17-13/h2-3,8-11,15H,4-7H2,1H3/t9-,10+,11+/m1/s1. The molecule has 0 saturated carbocycles. The average Bonchev–Trinajstić information content (AvgIpc) is 3.18. The molecule has 0 amide bonds. The van der Waals surface area contributed by atoms with Crippen molar-refractivity contribution in [1.82, 2.24) is 24.5 Å². The van der Waals surface area contributed by atoms with Gasteiger partial charge in [0.1, 0.15) is 12.1 Å². The first-order valence-electron chi connectivity index (χ1n) is 7.48. The van der Waals surface area contributed by atoms with E-state index in [-0.39, 0.29) is 12.0 Å². The van der Waals surface area contributed by atoms with Gasteiger partial charge in [-0.1, -0.05) is 0 Å². The Hall–Kier alpha value is -1.78. The van der Waals surface area contributed by atoms with E-state index in [2.05, 4.69) is 24.9 Å². The summed E-state index contributed by atoms with van der Waals surface area (Å²) in [5.74, 6) is 1.35. The zero-order valence-electron chi connectivity index (χ0n) is 12.7. The first-order chi connectivity index (χ1) is 11.0. The van der Waals surface area contributed by atoms with Crippen LogP contribution in [0.3, 0.4) is 0 Å². The second-order valence-electron chi connectivity index (χ2n) is 6.15. The maximum absolute atomic E-state index is 11.3. The highest BCUT2D eigenvalue weighted by atomic mass is 32.2. The van der Waals surface area contributed by atoms with Gasteiger partial charge in [-0.15, -0.1) is 15.3 Å². The van der Waals surface area contributed by atoms with E-state index in [1.54, 1.807) is 10.8 Å². The zero-order valence-corrected chi connectivity index (χ0v) is 13.5. The molecular formula is C13H18N6O3S. The Morgan fingerprint density at radius 2 is 2.26 bits per heavy atom. The van der Waals surface area contributed by atoms with Crippen molar-refractivity contribution in [2.75, 3.05) is 37.4 Å². The summed E-state index contributed by atoms with van der Waals surface area (Å²) >= 11 is 0. The fourth-order valence-electron chi connectivity index (χ4n) is 3.34. The summed E-state index contributed by atoms with van der Waals surface area (Å²) in [6.45, 7) is 2.59. The third-order valence-corrected chi connectivity index (χ3v) is 5.21. The quantitative estimate of drug-likeness (QED) is 0.773. The number of fused-ring (bicyclic) bond motifs is 2. The first kappa shape index (κ1) is 14.8. The lowest BCUT2D eigenvalue weighted by Gasteiger charge is -2.20. The Morgan fingerprint density at radius 1 is 1.39 bits per heavy atom. The van der Waals surface area contributed by atoms with Gasteiger partial charge >= 0.3 is 0 Å². The molecule has 3 atom stereocenters. The van der Waals surface area contributed by atoms with Crippen molar-refractivity contribution < 1.29 is 13.2 Å². The van der Waals surface area contributed by atoms with Crippen molar-refractivity contribution in [3.8, 4) is 0 Å². The van der Waals surface area contributed by atoms with E-state index in [1.165, 1.54) is 6.26 Å². The van der Waals surface area contributed by atoms with E-state index in [0.717, 1.165) is 18.9 Å². The minimum absolute atomic E-state index is 0.125. The summed E-state index contributed by atoms with van der Waals surface area (Å²) < 4.78 is 32.6.